The van der Waals surface area contributed by atoms with E-state index in [1.54, 1.807) is 6.08 Å². The average Bonchev–Trinajstić information content (AvgIpc) is 3.24. The molecule has 4 nitrogen and oxygen atoms in total. The van der Waals surface area contributed by atoms with Gasteiger partial charge in [0.05, 0.1) is 18.8 Å². The summed E-state index contributed by atoms with van der Waals surface area (Å²) in [4.78, 5) is 12.4. The summed E-state index contributed by atoms with van der Waals surface area (Å²) in [7, 11) is 0. The monoisotopic (exact) mass is 820 g/mol. The smallest absolute Gasteiger partial charge is 0.220 e. The van der Waals surface area contributed by atoms with Crippen molar-refractivity contribution in [3.8, 4) is 0 Å². The maximum absolute atomic E-state index is 12.4. The molecule has 0 aliphatic heterocycles. The Labute approximate surface area is 367 Å². The molecule has 0 fully saturated rings. The fourth-order valence-corrected chi connectivity index (χ4v) is 7.30. The van der Waals surface area contributed by atoms with Gasteiger partial charge in [-0.15, -0.1) is 0 Å². The highest BCUT2D eigenvalue weighted by atomic mass is 16.3. The Morgan fingerprint density at radius 1 is 0.424 bits per heavy atom. The molecule has 0 rings (SSSR count). The zero-order valence-corrected chi connectivity index (χ0v) is 39.0. The van der Waals surface area contributed by atoms with Crippen molar-refractivity contribution in [1.29, 1.82) is 0 Å². The normalized spacial score (nSPS) is 13.6. The number of carbonyl (C=O) groups excluding carboxylic acids is 1. The van der Waals surface area contributed by atoms with Crippen molar-refractivity contribution in [2.45, 2.75) is 251 Å². The summed E-state index contributed by atoms with van der Waals surface area (Å²) in [5, 5.41) is 23.0. The Kier molecular flexibility index (Phi) is 47.9. The van der Waals surface area contributed by atoms with Crippen LogP contribution < -0.4 is 5.32 Å². The fourth-order valence-electron chi connectivity index (χ4n) is 7.30. The molecule has 0 aromatic rings. The molecule has 0 aromatic heterocycles. The van der Waals surface area contributed by atoms with Gasteiger partial charge in [0.15, 0.2) is 0 Å². The Morgan fingerprint density at radius 2 is 0.746 bits per heavy atom. The summed E-state index contributed by atoms with van der Waals surface area (Å²) in [5.41, 5.74) is 0. The lowest BCUT2D eigenvalue weighted by Crippen LogP contribution is -2.45. The Hall–Kier alpha value is -2.43. The molecule has 0 saturated carbocycles. The molecule has 0 spiro atoms. The Morgan fingerprint density at radius 3 is 1.12 bits per heavy atom. The van der Waals surface area contributed by atoms with E-state index in [0.717, 1.165) is 64.2 Å². The van der Waals surface area contributed by atoms with Gasteiger partial charge in [0.25, 0.3) is 0 Å². The van der Waals surface area contributed by atoms with Crippen molar-refractivity contribution < 1.29 is 15.0 Å². The van der Waals surface area contributed by atoms with E-state index in [1.165, 1.54) is 154 Å². The number of hydrogen-bond donors (Lipinski definition) is 3. The third kappa shape index (κ3) is 46.5. The molecule has 59 heavy (non-hydrogen) atoms. The van der Waals surface area contributed by atoms with E-state index in [9.17, 15) is 15.0 Å². The number of rotatable bonds is 45. The van der Waals surface area contributed by atoms with Gasteiger partial charge >= 0.3 is 0 Å². The molecule has 0 bridgehead atoms. The van der Waals surface area contributed by atoms with Gasteiger partial charge < -0.3 is 15.5 Å². The van der Waals surface area contributed by atoms with Crippen LogP contribution in [0.1, 0.15) is 239 Å². The number of nitrogens with one attached hydrogen (secondary N) is 1. The van der Waals surface area contributed by atoms with E-state index >= 15 is 0 Å². The van der Waals surface area contributed by atoms with Crippen molar-refractivity contribution >= 4 is 5.91 Å². The van der Waals surface area contributed by atoms with E-state index in [1.807, 2.05) is 6.08 Å². The van der Waals surface area contributed by atoms with Gasteiger partial charge in [0.2, 0.25) is 5.91 Å². The number of hydrogen-bond acceptors (Lipinski definition) is 3. The summed E-state index contributed by atoms with van der Waals surface area (Å²) in [6.45, 7) is 4.18. The second-order valence-electron chi connectivity index (χ2n) is 16.9. The van der Waals surface area contributed by atoms with Gasteiger partial charge in [-0.25, -0.2) is 0 Å². The zero-order chi connectivity index (χ0) is 42.8. The molecule has 0 aromatic carbocycles. The van der Waals surface area contributed by atoms with E-state index in [-0.39, 0.29) is 12.5 Å². The topological polar surface area (TPSA) is 69.6 Å². The minimum Gasteiger partial charge on any atom is -0.394 e. The first-order valence-electron chi connectivity index (χ1n) is 25.3. The minimum atomic E-state index is -0.840. The maximum atomic E-state index is 12.4. The molecule has 0 aliphatic rings. The van der Waals surface area contributed by atoms with Crippen LogP contribution >= 0.6 is 0 Å². The average molecular weight is 820 g/mol. The maximum Gasteiger partial charge on any atom is 0.220 e. The number of aliphatic hydroxyl groups is 2. The fraction of sp³-hybridized carbons (Fsp3) is 0.727. The summed E-state index contributed by atoms with van der Waals surface area (Å²) in [6, 6.07) is -0.624. The summed E-state index contributed by atoms with van der Waals surface area (Å²) >= 11 is 0. The van der Waals surface area contributed by atoms with Gasteiger partial charge in [-0.3, -0.25) is 4.79 Å². The van der Waals surface area contributed by atoms with Crippen LogP contribution in [0.2, 0.25) is 0 Å². The first kappa shape index (κ1) is 56.6. The van der Waals surface area contributed by atoms with E-state index in [4.69, 9.17) is 0 Å². The predicted molar refractivity (Wildman–Crippen MR) is 262 cm³/mol. The van der Waals surface area contributed by atoms with Crippen molar-refractivity contribution in [1.82, 2.24) is 5.32 Å². The molecule has 1 amide bonds. The minimum absolute atomic E-state index is 0.0666. The standard InChI is InChI=1S/C55H97NO3/c1-3-5-7-9-11-13-15-17-18-19-20-21-22-23-24-25-26-27-28-29-30-31-32-33-34-35-36-37-38-39-41-43-45-47-49-51-55(59)56-53(52-57)54(58)50-48-46-44-42-40-16-14-12-10-8-6-4-2/h5,7,11,13,17-18,20-21,23-24,26-27,48,50,53-54,57-58H,3-4,6,8-10,12,14-16,19,22,25,28-47,49,51-52H2,1-2H3,(H,56,59)/b7-5-,13-11-,18-17-,21-20-,24-23-,27-26-,50-48+. The van der Waals surface area contributed by atoms with Crippen molar-refractivity contribution in [2.75, 3.05) is 6.61 Å². The second kappa shape index (κ2) is 49.9. The highest BCUT2D eigenvalue weighted by molar-refractivity contribution is 5.76. The molecule has 0 saturated heterocycles. The first-order valence-corrected chi connectivity index (χ1v) is 25.3. The lowest BCUT2D eigenvalue weighted by molar-refractivity contribution is -0.123. The van der Waals surface area contributed by atoms with Crippen molar-refractivity contribution in [2.24, 2.45) is 0 Å². The molecular formula is C55H97NO3. The van der Waals surface area contributed by atoms with Gasteiger partial charge in [0, 0.05) is 6.42 Å². The van der Waals surface area contributed by atoms with Crippen LogP contribution in [-0.4, -0.2) is 34.9 Å². The van der Waals surface area contributed by atoms with E-state index in [0.29, 0.717) is 6.42 Å². The molecule has 0 radical (unpaired) electrons. The number of aliphatic hydroxyl groups excluding tert-OH is 2. The van der Waals surface area contributed by atoms with Gasteiger partial charge in [-0.05, 0) is 70.6 Å². The number of amides is 1. The summed E-state index contributed by atoms with van der Waals surface area (Å²) in [5.74, 6) is -0.0666. The predicted octanol–water partition coefficient (Wildman–Crippen LogP) is 16.4. The SMILES string of the molecule is CC/C=C\C/C=C\C/C=C\C/C=C\C/C=C\C/C=C\CCCCCCCCCCCCCCCCCCC(=O)NC(CO)C(O)/C=C/CCCCCCCCCCCC. The van der Waals surface area contributed by atoms with Crippen LogP contribution in [0.5, 0.6) is 0 Å². The molecule has 0 aliphatic carbocycles. The molecular weight excluding hydrogens is 723 g/mol. The van der Waals surface area contributed by atoms with Crippen LogP contribution in [0.3, 0.4) is 0 Å². The van der Waals surface area contributed by atoms with Crippen LogP contribution in [-0.2, 0) is 4.79 Å². The second-order valence-corrected chi connectivity index (χ2v) is 16.9. The molecule has 2 unspecified atom stereocenters. The van der Waals surface area contributed by atoms with Crippen LogP contribution in [0.25, 0.3) is 0 Å². The quantitative estimate of drug-likeness (QED) is 0.0423. The lowest BCUT2D eigenvalue weighted by atomic mass is 10.0. The zero-order valence-electron chi connectivity index (χ0n) is 39.0. The molecule has 4 heteroatoms. The van der Waals surface area contributed by atoms with Gasteiger partial charge in [0.1, 0.15) is 0 Å². The highest BCUT2D eigenvalue weighted by Crippen LogP contribution is 2.15. The van der Waals surface area contributed by atoms with Gasteiger partial charge in [-0.1, -0.05) is 247 Å². The van der Waals surface area contributed by atoms with Crippen LogP contribution in [0.4, 0.5) is 0 Å². The first-order chi connectivity index (χ1) is 29.2. The van der Waals surface area contributed by atoms with Crippen LogP contribution in [0.15, 0.2) is 85.1 Å². The number of carbonyl (C=O) groups is 1. The molecule has 2 atom stereocenters. The summed E-state index contributed by atoms with van der Waals surface area (Å²) in [6.07, 6.45) is 72.9. The number of unbranched alkanes of at least 4 members (excludes halogenated alkanes) is 26. The van der Waals surface area contributed by atoms with E-state index in [2.05, 4.69) is 92.1 Å². The molecule has 0 heterocycles. The van der Waals surface area contributed by atoms with Crippen LogP contribution in [0, 0.1) is 0 Å². The summed E-state index contributed by atoms with van der Waals surface area (Å²) < 4.78 is 0. The lowest BCUT2D eigenvalue weighted by Gasteiger charge is -2.20. The van der Waals surface area contributed by atoms with E-state index < -0.39 is 12.1 Å². The Balaban J connectivity index is 3.50. The van der Waals surface area contributed by atoms with Crippen molar-refractivity contribution in [3.63, 3.8) is 0 Å². The number of allylic oxidation sites excluding steroid dienone is 13. The largest absolute Gasteiger partial charge is 0.394 e. The third-order valence-corrected chi connectivity index (χ3v) is 11.1. The molecule has 3 N–H and O–H groups in total. The molecule has 340 valence electrons. The third-order valence-electron chi connectivity index (χ3n) is 11.1. The Bertz CT molecular complexity index is 1070. The van der Waals surface area contributed by atoms with Crippen molar-refractivity contribution in [3.05, 3.63) is 85.1 Å². The van der Waals surface area contributed by atoms with Gasteiger partial charge in [-0.2, -0.15) is 0 Å². The highest BCUT2D eigenvalue weighted by Gasteiger charge is 2.18.